The van der Waals surface area contributed by atoms with E-state index in [1.54, 1.807) is 30.3 Å². The summed E-state index contributed by atoms with van der Waals surface area (Å²) in [7, 11) is 1.53. The molecule has 2 amide bonds. The molecular weight excluding hydrogens is 354 g/mol. The Morgan fingerprint density at radius 1 is 1.07 bits per heavy atom. The molecule has 0 saturated carbocycles. The molecule has 0 radical (unpaired) electrons. The molecule has 0 bridgehead atoms. The zero-order chi connectivity index (χ0) is 19.4. The van der Waals surface area contributed by atoms with Crippen molar-refractivity contribution in [3.63, 3.8) is 0 Å². The van der Waals surface area contributed by atoms with Crippen molar-refractivity contribution in [2.24, 2.45) is 0 Å². The highest BCUT2D eigenvalue weighted by Gasteiger charge is 2.15. The summed E-state index contributed by atoms with van der Waals surface area (Å²) in [5, 5.41) is 2.65. The first kappa shape index (κ1) is 18.3. The lowest BCUT2D eigenvalue weighted by Crippen LogP contribution is -2.26. The Labute approximate surface area is 154 Å². The summed E-state index contributed by atoms with van der Waals surface area (Å²) in [6.45, 7) is 0.00191. The molecule has 0 fully saturated rings. The second-order valence-corrected chi connectivity index (χ2v) is 5.91. The van der Waals surface area contributed by atoms with E-state index in [2.05, 4.69) is 5.32 Å². The van der Waals surface area contributed by atoms with E-state index in [4.69, 9.17) is 4.42 Å². The second-order valence-electron chi connectivity index (χ2n) is 5.91. The first-order valence-electron chi connectivity index (χ1n) is 8.08. The zero-order valence-corrected chi connectivity index (χ0v) is 14.4. The van der Waals surface area contributed by atoms with Crippen molar-refractivity contribution < 1.29 is 22.8 Å². The van der Waals surface area contributed by atoms with Gasteiger partial charge in [0.25, 0.3) is 11.8 Å². The smallest absolute Gasteiger partial charge is 0.291 e. The van der Waals surface area contributed by atoms with Crippen LogP contribution in [0.15, 0.2) is 65.3 Å². The number of hydrogen-bond donors (Lipinski definition) is 1. The van der Waals surface area contributed by atoms with Crippen molar-refractivity contribution in [3.8, 4) is 0 Å². The Hall–Kier alpha value is -3.48. The number of hydrogen-bond acceptors (Lipinski definition) is 3. The van der Waals surface area contributed by atoms with Crippen LogP contribution in [0.5, 0.6) is 0 Å². The van der Waals surface area contributed by atoms with Crippen LogP contribution in [0.25, 0.3) is 0 Å². The monoisotopic (exact) mass is 370 g/mol. The molecular formula is C20H16F2N2O3. The Balaban J connectivity index is 1.65. The van der Waals surface area contributed by atoms with Gasteiger partial charge in [0, 0.05) is 36.5 Å². The summed E-state index contributed by atoms with van der Waals surface area (Å²) < 4.78 is 31.7. The SMILES string of the molecule is CN(Cc1ccc(F)cc1F)C(=O)c1ccc(NC(=O)c2ccco2)cc1. The Kier molecular flexibility index (Phi) is 5.30. The van der Waals surface area contributed by atoms with E-state index < -0.39 is 17.5 Å². The third kappa shape index (κ3) is 4.38. The van der Waals surface area contributed by atoms with E-state index in [0.29, 0.717) is 11.3 Å². The normalized spacial score (nSPS) is 10.5. The van der Waals surface area contributed by atoms with Crippen molar-refractivity contribution in [3.05, 3.63) is 89.4 Å². The standard InChI is InChI=1S/C20H16F2N2O3/c1-24(12-14-4-7-15(21)11-17(14)22)20(26)13-5-8-16(9-6-13)23-19(25)18-3-2-10-27-18/h2-11H,12H2,1H3,(H,23,25). The van der Waals surface area contributed by atoms with Crippen LogP contribution in [-0.4, -0.2) is 23.8 Å². The van der Waals surface area contributed by atoms with Gasteiger partial charge in [-0.05, 0) is 42.5 Å². The quantitative estimate of drug-likeness (QED) is 0.736. The molecule has 0 saturated heterocycles. The molecule has 3 aromatic rings. The minimum atomic E-state index is -0.703. The average molecular weight is 370 g/mol. The van der Waals surface area contributed by atoms with Gasteiger partial charge in [-0.3, -0.25) is 9.59 Å². The highest BCUT2D eigenvalue weighted by molar-refractivity contribution is 6.02. The van der Waals surface area contributed by atoms with Crippen LogP contribution < -0.4 is 5.32 Å². The largest absolute Gasteiger partial charge is 0.459 e. The predicted octanol–water partition coefficient (Wildman–Crippen LogP) is 4.08. The summed E-state index contributed by atoms with van der Waals surface area (Å²) in [4.78, 5) is 25.7. The minimum absolute atomic E-state index is 0.00191. The molecule has 2 aromatic carbocycles. The third-order valence-electron chi connectivity index (χ3n) is 3.90. The Morgan fingerprint density at radius 2 is 1.81 bits per heavy atom. The molecule has 138 valence electrons. The van der Waals surface area contributed by atoms with Gasteiger partial charge >= 0.3 is 0 Å². The Bertz CT molecular complexity index is 954. The summed E-state index contributed by atoms with van der Waals surface area (Å²) in [6.07, 6.45) is 1.40. The first-order chi connectivity index (χ1) is 12.9. The van der Waals surface area contributed by atoms with Gasteiger partial charge in [0.2, 0.25) is 0 Å². The predicted molar refractivity (Wildman–Crippen MR) is 95.3 cm³/mol. The molecule has 27 heavy (non-hydrogen) atoms. The van der Waals surface area contributed by atoms with Gasteiger partial charge in [-0.2, -0.15) is 0 Å². The van der Waals surface area contributed by atoms with Crippen LogP contribution in [0, 0.1) is 11.6 Å². The van der Waals surface area contributed by atoms with Crippen molar-refractivity contribution in [1.29, 1.82) is 0 Å². The fourth-order valence-electron chi connectivity index (χ4n) is 2.49. The van der Waals surface area contributed by atoms with Crippen molar-refractivity contribution >= 4 is 17.5 Å². The molecule has 1 aromatic heterocycles. The number of carbonyl (C=O) groups is 2. The maximum atomic E-state index is 13.7. The highest BCUT2D eigenvalue weighted by Crippen LogP contribution is 2.16. The molecule has 7 heteroatoms. The van der Waals surface area contributed by atoms with Gasteiger partial charge in [-0.15, -0.1) is 0 Å². The maximum Gasteiger partial charge on any atom is 0.291 e. The van der Waals surface area contributed by atoms with Crippen molar-refractivity contribution in [2.75, 3.05) is 12.4 Å². The number of benzene rings is 2. The summed E-state index contributed by atoms with van der Waals surface area (Å²) in [6, 6.07) is 12.7. The van der Waals surface area contributed by atoms with Crippen LogP contribution in [0.3, 0.4) is 0 Å². The zero-order valence-electron chi connectivity index (χ0n) is 14.4. The highest BCUT2D eigenvalue weighted by atomic mass is 19.1. The van der Waals surface area contributed by atoms with Crippen LogP contribution >= 0.6 is 0 Å². The molecule has 3 rings (SSSR count). The molecule has 0 aliphatic carbocycles. The maximum absolute atomic E-state index is 13.7. The molecule has 0 spiro atoms. The number of amides is 2. The van der Waals surface area contributed by atoms with Crippen LogP contribution in [0.2, 0.25) is 0 Å². The van der Waals surface area contributed by atoms with Crippen LogP contribution in [0.1, 0.15) is 26.5 Å². The van der Waals surface area contributed by atoms with E-state index in [-0.39, 0.29) is 23.8 Å². The topological polar surface area (TPSA) is 62.6 Å². The minimum Gasteiger partial charge on any atom is -0.459 e. The van der Waals surface area contributed by atoms with E-state index in [0.717, 1.165) is 12.1 Å². The van der Waals surface area contributed by atoms with E-state index >= 15 is 0 Å². The van der Waals surface area contributed by atoms with Crippen molar-refractivity contribution in [2.45, 2.75) is 6.54 Å². The second kappa shape index (κ2) is 7.82. The molecule has 0 aliphatic rings. The van der Waals surface area contributed by atoms with E-state index in [1.165, 1.54) is 30.3 Å². The first-order valence-corrected chi connectivity index (χ1v) is 8.08. The summed E-state index contributed by atoms with van der Waals surface area (Å²) in [5.41, 5.74) is 1.09. The third-order valence-corrected chi connectivity index (χ3v) is 3.90. The van der Waals surface area contributed by atoms with Gasteiger partial charge in [0.1, 0.15) is 11.6 Å². The van der Waals surface area contributed by atoms with Gasteiger partial charge in [-0.1, -0.05) is 6.07 Å². The molecule has 1 heterocycles. The summed E-state index contributed by atoms with van der Waals surface area (Å²) in [5.74, 6) is -1.93. The number of anilines is 1. The average Bonchev–Trinajstić information content (AvgIpc) is 3.19. The number of nitrogens with one attached hydrogen (secondary N) is 1. The van der Waals surface area contributed by atoms with Gasteiger partial charge in [0.15, 0.2) is 5.76 Å². The van der Waals surface area contributed by atoms with Gasteiger partial charge in [0.05, 0.1) is 6.26 Å². The fourth-order valence-corrected chi connectivity index (χ4v) is 2.49. The number of carbonyl (C=O) groups excluding carboxylic acids is 2. The number of halogens is 2. The fraction of sp³-hybridized carbons (Fsp3) is 0.100. The molecule has 0 aliphatic heterocycles. The number of nitrogens with zero attached hydrogens (tertiary/aromatic N) is 1. The van der Waals surface area contributed by atoms with E-state index in [9.17, 15) is 18.4 Å². The molecule has 5 nitrogen and oxygen atoms in total. The van der Waals surface area contributed by atoms with Crippen LogP contribution in [0.4, 0.5) is 14.5 Å². The summed E-state index contributed by atoms with van der Waals surface area (Å²) >= 11 is 0. The van der Waals surface area contributed by atoms with Crippen LogP contribution in [-0.2, 0) is 6.54 Å². The molecule has 0 unspecified atom stereocenters. The lowest BCUT2D eigenvalue weighted by atomic mass is 10.1. The van der Waals surface area contributed by atoms with Gasteiger partial charge in [-0.25, -0.2) is 8.78 Å². The van der Waals surface area contributed by atoms with Gasteiger partial charge < -0.3 is 14.6 Å². The van der Waals surface area contributed by atoms with E-state index in [1.807, 2.05) is 0 Å². The van der Waals surface area contributed by atoms with Crippen molar-refractivity contribution in [1.82, 2.24) is 4.90 Å². The Morgan fingerprint density at radius 3 is 2.44 bits per heavy atom. The number of furan rings is 1. The number of rotatable bonds is 5. The lowest BCUT2D eigenvalue weighted by Gasteiger charge is -2.18. The lowest BCUT2D eigenvalue weighted by molar-refractivity contribution is 0.0783. The molecule has 0 atom stereocenters. The molecule has 1 N–H and O–H groups in total.